The van der Waals surface area contributed by atoms with Crippen LogP contribution in [0.4, 0.5) is 5.95 Å². The number of nitrogens with one attached hydrogen (secondary N) is 2. The number of rotatable bonds is 6. The van der Waals surface area contributed by atoms with Crippen molar-refractivity contribution in [2.45, 2.75) is 27.0 Å². The largest absolute Gasteiger partial charge is 0.378 e. The van der Waals surface area contributed by atoms with Gasteiger partial charge in [0, 0.05) is 13.3 Å². The predicted octanol–water partition coefficient (Wildman–Crippen LogP) is 1.47. The fourth-order valence-corrected chi connectivity index (χ4v) is 1.79. The molecule has 0 radical (unpaired) electrons. The molecule has 20 heavy (non-hydrogen) atoms. The van der Waals surface area contributed by atoms with Crippen LogP contribution in [0.3, 0.4) is 0 Å². The first-order valence-electron chi connectivity index (χ1n) is 6.20. The molecular formula is C13H17N5O2. The molecule has 2 aromatic heterocycles. The number of Topliss-reactive ketones (excluding diaryl/α,β-unsaturated/α-hetero) is 1. The molecule has 0 aliphatic rings. The Kier molecular flexibility index (Phi) is 4.41. The number of nitrogens with zero attached hydrogens (tertiary/aromatic N) is 3. The van der Waals surface area contributed by atoms with Crippen LogP contribution in [-0.2, 0) is 17.9 Å². The minimum atomic E-state index is -0.0353. The molecule has 0 fully saturated rings. The summed E-state index contributed by atoms with van der Waals surface area (Å²) in [6.07, 6.45) is 1.54. The summed E-state index contributed by atoms with van der Waals surface area (Å²) in [7, 11) is 1.62. The van der Waals surface area contributed by atoms with Gasteiger partial charge in [-0.1, -0.05) is 0 Å². The number of aromatic nitrogens is 4. The fourth-order valence-electron chi connectivity index (χ4n) is 1.79. The zero-order valence-corrected chi connectivity index (χ0v) is 11.7. The number of aromatic amines is 1. The average Bonchev–Trinajstić information content (AvgIpc) is 2.84. The van der Waals surface area contributed by atoms with E-state index in [0.29, 0.717) is 30.4 Å². The van der Waals surface area contributed by atoms with Crippen LogP contribution >= 0.6 is 0 Å². The van der Waals surface area contributed by atoms with Crippen molar-refractivity contribution in [2.75, 3.05) is 12.4 Å². The van der Waals surface area contributed by atoms with E-state index in [-0.39, 0.29) is 5.78 Å². The molecule has 2 N–H and O–H groups in total. The number of hydrogen-bond donors (Lipinski definition) is 2. The number of aryl methyl sites for hydroxylation is 1. The summed E-state index contributed by atoms with van der Waals surface area (Å²) in [5.74, 6) is 0.446. The smallest absolute Gasteiger partial charge is 0.223 e. The van der Waals surface area contributed by atoms with Crippen LogP contribution in [0, 0.1) is 6.92 Å². The van der Waals surface area contributed by atoms with Crippen molar-refractivity contribution < 1.29 is 9.53 Å². The monoisotopic (exact) mass is 275 g/mol. The van der Waals surface area contributed by atoms with Gasteiger partial charge < -0.3 is 10.1 Å². The Bertz CT molecular complexity index is 609. The predicted molar refractivity (Wildman–Crippen MR) is 73.4 cm³/mol. The second kappa shape index (κ2) is 6.25. The maximum atomic E-state index is 11.3. The van der Waals surface area contributed by atoms with Crippen molar-refractivity contribution in [1.29, 1.82) is 0 Å². The van der Waals surface area contributed by atoms with Gasteiger partial charge in [-0.2, -0.15) is 5.10 Å². The molecule has 0 amide bonds. The lowest BCUT2D eigenvalue weighted by molar-refractivity contribution is 0.101. The number of carbonyl (C=O) groups excluding carboxylic acids is 1. The van der Waals surface area contributed by atoms with Gasteiger partial charge in [0.15, 0.2) is 5.78 Å². The van der Waals surface area contributed by atoms with E-state index in [9.17, 15) is 4.79 Å². The van der Waals surface area contributed by atoms with Crippen LogP contribution in [0.5, 0.6) is 0 Å². The molecule has 0 spiro atoms. The number of carbonyl (C=O) groups is 1. The number of hydrogen-bond acceptors (Lipinski definition) is 6. The molecule has 0 bridgehead atoms. The zero-order valence-electron chi connectivity index (χ0n) is 11.7. The number of ether oxygens (including phenoxy) is 1. The number of H-pyrrole nitrogens is 1. The van der Waals surface area contributed by atoms with Gasteiger partial charge in [-0.25, -0.2) is 9.97 Å². The summed E-state index contributed by atoms with van der Waals surface area (Å²) in [5.41, 5.74) is 2.96. The minimum absolute atomic E-state index is 0.0353. The first-order chi connectivity index (χ1) is 9.60. The third-order valence-corrected chi connectivity index (χ3v) is 2.77. The first-order valence-corrected chi connectivity index (χ1v) is 6.20. The highest BCUT2D eigenvalue weighted by Gasteiger charge is 2.07. The van der Waals surface area contributed by atoms with Crippen LogP contribution in [-0.4, -0.2) is 33.1 Å². The summed E-state index contributed by atoms with van der Waals surface area (Å²) in [6, 6.07) is 1.91. The summed E-state index contributed by atoms with van der Waals surface area (Å²) in [5, 5.41) is 10.1. The molecule has 0 saturated heterocycles. The van der Waals surface area contributed by atoms with Gasteiger partial charge in [0.05, 0.1) is 35.8 Å². The van der Waals surface area contributed by atoms with Gasteiger partial charge in [-0.15, -0.1) is 0 Å². The van der Waals surface area contributed by atoms with Crippen molar-refractivity contribution in [3.63, 3.8) is 0 Å². The molecule has 106 valence electrons. The molecule has 7 nitrogen and oxygen atoms in total. The van der Waals surface area contributed by atoms with E-state index in [0.717, 1.165) is 11.4 Å². The summed E-state index contributed by atoms with van der Waals surface area (Å²) < 4.78 is 5.00. The zero-order chi connectivity index (χ0) is 14.5. The van der Waals surface area contributed by atoms with Crippen molar-refractivity contribution in [1.82, 2.24) is 20.2 Å². The third kappa shape index (κ3) is 3.39. The number of methoxy groups -OCH3 is 1. The normalized spacial score (nSPS) is 10.6. The van der Waals surface area contributed by atoms with Crippen molar-refractivity contribution in [2.24, 2.45) is 0 Å². The van der Waals surface area contributed by atoms with E-state index in [2.05, 4.69) is 25.5 Å². The van der Waals surface area contributed by atoms with Crippen LogP contribution in [0.2, 0.25) is 0 Å². The van der Waals surface area contributed by atoms with Gasteiger partial charge in [0.1, 0.15) is 0 Å². The lowest BCUT2D eigenvalue weighted by Gasteiger charge is -2.05. The Labute approximate surface area is 116 Å². The fraction of sp³-hybridized carbons (Fsp3) is 0.385. The van der Waals surface area contributed by atoms with Gasteiger partial charge in [-0.05, 0) is 19.9 Å². The maximum absolute atomic E-state index is 11.3. The second-order valence-corrected chi connectivity index (χ2v) is 4.42. The van der Waals surface area contributed by atoms with Crippen molar-refractivity contribution in [3.05, 3.63) is 34.9 Å². The second-order valence-electron chi connectivity index (χ2n) is 4.42. The molecule has 7 heteroatoms. The molecule has 2 heterocycles. The van der Waals surface area contributed by atoms with Gasteiger partial charge in [-0.3, -0.25) is 9.89 Å². The standard InChI is InChI=1S/C13H17N5O2/c1-8-12(9(2)19)6-15-13(16-8)14-5-10-4-11(7-20-3)18-17-10/h4,6H,5,7H2,1-3H3,(H,17,18)(H,14,15,16). The van der Waals surface area contributed by atoms with Crippen molar-refractivity contribution >= 4 is 11.7 Å². The average molecular weight is 275 g/mol. The molecule has 0 aliphatic heterocycles. The van der Waals surface area contributed by atoms with Crippen LogP contribution in [0.15, 0.2) is 12.3 Å². The van der Waals surface area contributed by atoms with E-state index >= 15 is 0 Å². The highest BCUT2D eigenvalue weighted by atomic mass is 16.5. The molecule has 2 aromatic rings. The molecule has 2 rings (SSSR count). The Morgan fingerprint density at radius 1 is 1.50 bits per heavy atom. The summed E-state index contributed by atoms with van der Waals surface area (Å²) in [4.78, 5) is 19.7. The summed E-state index contributed by atoms with van der Waals surface area (Å²) in [6.45, 7) is 4.28. The van der Waals surface area contributed by atoms with Gasteiger partial charge in [0.25, 0.3) is 0 Å². The molecule has 0 aliphatic carbocycles. The Balaban J connectivity index is 1.99. The summed E-state index contributed by atoms with van der Waals surface area (Å²) >= 11 is 0. The van der Waals surface area contributed by atoms with Gasteiger partial charge >= 0.3 is 0 Å². The van der Waals surface area contributed by atoms with E-state index in [1.54, 1.807) is 14.0 Å². The highest BCUT2D eigenvalue weighted by molar-refractivity contribution is 5.94. The first kappa shape index (κ1) is 14.1. The van der Waals surface area contributed by atoms with E-state index < -0.39 is 0 Å². The lowest BCUT2D eigenvalue weighted by atomic mass is 10.2. The van der Waals surface area contributed by atoms with E-state index in [1.165, 1.54) is 13.1 Å². The number of anilines is 1. The molecule has 0 atom stereocenters. The quantitative estimate of drug-likeness (QED) is 0.775. The van der Waals surface area contributed by atoms with Crippen molar-refractivity contribution in [3.8, 4) is 0 Å². The molecule has 0 unspecified atom stereocenters. The lowest BCUT2D eigenvalue weighted by Crippen LogP contribution is -2.07. The SMILES string of the molecule is COCc1cc(CNc2ncc(C(C)=O)c(C)n2)[nH]n1. The molecule has 0 saturated carbocycles. The highest BCUT2D eigenvalue weighted by Crippen LogP contribution is 2.09. The van der Waals surface area contributed by atoms with E-state index in [4.69, 9.17) is 4.74 Å². The molecule has 0 aromatic carbocycles. The van der Waals surface area contributed by atoms with Crippen LogP contribution < -0.4 is 5.32 Å². The Morgan fingerprint density at radius 3 is 2.95 bits per heavy atom. The van der Waals surface area contributed by atoms with E-state index in [1.807, 2.05) is 6.07 Å². The Morgan fingerprint density at radius 2 is 2.30 bits per heavy atom. The number of ketones is 1. The Hall–Kier alpha value is -2.28. The minimum Gasteiger partial charge on any atom is -0.378 e. The topological polar surface area (TPSA) is 92.8 Å². The van der Waals surface area contributed by atoms with Gasteiger partial charge in [0.2, 0.25) is 5.95 Å². The molecular weight excluding hydrogens is 258 g/mol. The van der Waals surface area contributed by atoms with Crippen LogP contribution in [0.25, 0.3) is 0 Å². The third-order valence-electron chi connectivity index (χ3n) is 2.77. The maximum Gasteiger partial charge on any atom is 0.223 e. The van der Waals surface area contributed by atoms with Crippen LogP contribution in [0.1, 0.15) is 34.4 Å².